The first-order valence-corrected chi connectivity index (χ1v) is 7.12. The normalized spacial score (nSPS) is 10.9. The first kappa shape index (κ1) is 13.6. The van der Waals surface area contributed by atoms with Gasteiger partial charge in [0.25, 0.3) is 0 Å². The number of hydrogen-bond acceptors (Lipinski definition) is 3. The highest BCUT2D eigenvalue weighted by molar-refractivity contribution is 5.87. The maximum absolute atomic E-state index is 5.98. The van der Waals surface area contributed by atoms with Crippen LogP contribution >= 0.6 is 0 Å². The average molecular weight is 281 g/mol. The summed E-state index contributed by atoms with van der Waals surface area (Å²) in [5, 5.41) is 5.71. The van der Waals surface area contributed by atoms with Crippen molar-refractivity contribution in [3.63, 3.8) is 0 Å². The third-order valence-electron chi connectivity index (χ3n) is 3.52. The van der Waals surface area contributed by atoms with Crippen LogP contribution in [0.4, 0.5) is 0 Å². The van der Waals surface area contributed by atoms with Gasteiger partial charge in [-0.3, -0.25) is 0 Å². The summed E-state index contributed by atoms with van der Waals surface area (Å²) in [6.45, 7) is 2.22. The Hall–Kier alpha value is -2.33. The van der Waals surface area contributed by atoms with Gasteiger partial charge < -0.3 is 14.6 Å². The zero-order valence-electron chi connectivity index (χ0n) is 12.1. The van der Waals surface area contributed by atoms with Gasteiger partial charge in [-0.05, 0) is 23.9 Å². The maximum Gasteiger partial charge on any atom is 0.124 e. The third-order valence-corrected chi connectivity index (χ3v) is 3.52. The number of ether oxygens (including phenoxy) is 1. The van der Waals surface area contributed by atoms with Gasteiger partial charge >= 0.3 is 0 Å². The van der Waals surface area contributed by atoms with Crippen molar-refractivity contribution in [3.8, 4) is 5.75 Å². The van der Waals surface area contributed by atoms with E-state index in [1.807, 2.05) is 17.8 Å². The molecule has 0 fully saturated rings. The van der Waals surface area contributed by atoms with E-state index in [1.54, 1.807) is 12.5 Å². The lowest BCUT2D eigenvalue weighted by Crippen LogP contribution is -2.11. The van der Waals surface area contributed by atoms with Gasteiger partial charge in [0, 0.05) is 24.5 Å². The van der Waals surface area contributed by atoms with Gasteiger partial charge in [0.05, 0.1) is 12.9 Å². The molecule has 1 aromatic heterocycles. The number of nitrogens with one attached hydrogen (secondary N) is 1. The van der Waals surface area contributed by atoms with Crippen LogP contribution in [-0.2, 0) is 13.1 Å². The zero-order valence-corrected chi connectivity index (χ0v) is 12.1. The van der Waals surface area contributed by atoms with Crippen molar-refractivity contribution in [2.45, 2.75) is 13.1 Å². The largest absolute Gasteiger partial charge is 0.491 e. The Morgan fingerprint density at radius 1 is 1.19 bits per heavy atom. The van der Waals surface area contributed by atoms with Crippen LogP contribution in [0.15, 0.2) is 55.1 Å². The molecule has 1 heterocycles. The minimum Gasteiger partial charge on any atom is -0.491 e. The van der Waals surface area contributed by atoms with E-state index in [4.69, 9.17) is 4.74 Å². The van der Waals surface area contributed by atoms with Crippen LogP contribution in [0, 0.1) is 0 Å². The fourth-order valence-corrected chi connectivity index (χ4v) is 2.49. The minimum absolute atomic E-state index is 0.630. The number of benzene rings is 2. The molecule has 0 spiro atoms. The van der Waals surface area contributed by atoms with Gasteiger partial charge in [-0.1, -0.05) is 30.3 Å². The van der Waals surface area contributed by atoms with E-state index >= 15 is 0 Å². The highest BCUT2D eigenvalue weighted by atomic mass is 16.5. The Morgan fingerprint density at radius 2 is 2.10 bits per heavy atom. The Kier molecular flexibility index (Phi) is 4.17. The van der Waals surface area contributed by atoms with Crippen molar-refractivity contribution < 1.29 is 4.74 Å². The number of aromatic nitrogens is 2. The maximum atomic E-state index is 5.98. The number of fused-ring (bicyclic) bond motifs is 1. The van der Waals surface area contributed by atoms with Crippen LogP contribution < -0.4 is 10.1 Å². The molecule has 3 rings (SSSR count). The number of nitrogens with zero attached hydrogens (tertiary/aromatic N) is 2. The Morgan fingerprint density at radius 3 is 2.90 bits per heavy atom. The summed E-state index contributed by atoms with van der Waals surface area (Å²) in [5.74, 6) is 0.947. The molecule has 0 saturated heterocycles. The van der Waals surface area contributed by atoms with Crippen LogP contribution in [0.25, 0.3) is 10.8 Å². The molecule has 0 radical (unpaired) electrons. The molecule has 0 aliphatic rings. The smallest absolute Gasteiger partial charge is 0.124 e. The van der Waals surface area contributed by atoms with Gasteiger partial charge in [-0.15, -0.1) is 0 Å². The summed E-state index contributed by atoms with van der Waals surface area (Å²) >= 11 is 0. The molecule has 0 aliphatic carbocycles. The number of imidazole rings is 1. The van der Waals surface area contributed by atoms with Crippen LogP contribution in [-0.4, -0.2) is 23.2 Å². The molecule has 0 bridgehead atoms. The lowest BCUT2D eigenvalue weighted by molar-refractivity contribution is 0.295. The molecule has 1 N–H and O–H groups in total. The molecule has 21 heavy (non-hydrogen) atoms. The molecule has 4 heteroatoms. The molecule has 0 saturated carbocycles. The summed E-state index contributed by atoms with van der Waals surface area (Å²) in [6, 6.07) is 12.6. The standard InChI is InChI=1S/C17H19N3O/c1-18-12-16-15-5-3-2-4-14(15)6-7-17(16)21-11-10-20-9-8-19-13-20/h2-9,13,18H,10-12H2,1H3. The quantitative estimate of drug-likeness (QED) is 0.755. The second-order valence-electron chi connectivity index (χ2n) is 4.94. The SMILES string of the molecule is CNCc1c(OCCn2ccnc2)ccc2ccccc12. The number of hydrogen-bond donors (Lipinski definition) is 1. The van der Waals surface area contributed by atoms with Crippen molar-refractivity contribution in [2.75, 3.05) is 13.7 Å². The van der Waals surface area contributed by atoms with Crippen molar-refractivity contribution >= 4 is 10.8 Å². The highest BCUT2D eigenvalue weighted by Crippen LogP contribution is 2.28. The third kappa shape index (κ3) is 3.06. The lowest BCUT2D eigenvalue weighted by atomic mass is 10.0. The van der Waals surface area contributed by atoms with Gasteiger partial charge in [-0.25, -0.2) is 4.98 Å². The van der Waals surface area contributed by atoms with E-state index in [0.717, 1.165) is 18.8 Å². The molecule has 0 atom stereocenters. The average Bonchev–Trinajstić information content (AvgIpc) is 3.03. The Bertz CT molecular complexity index is 707. The van der Waals surface area contributed by atoms with E-state index in [0.29, 0.717) is 6.61 Å². The minimum atomic E-state index is 0.630. The predicted molar refractivity (Wildman–Crippen MR) is 84.4 cm³/mol. The summed E-state index contributed by atoms with van der Waals surface area (Å²) in [4.78, 5) is 4.03. The predicted octanol–water partition coefficient (Wildman–Crippen LogP) is 2.83. The molecule has 0 amide bonds. The van der Waals surface area contributed by atoms with E-state index in [1.165, 1.54) is 16.3 Å². The van der Waals surface area contributed by atoms with Crippen molar-refractivity contribution in [2.24, 2.45) is 0 Å². The number of rotatable bonds is 6. The van der Waals surface area contributed by atoms with E-state index < -0.39 is 0 Å². The molecule has 108 valence electrons. The topological polar surface area (TPSA) is 39.1 Å². The van der Waals surface area contributed by atoms with E-state index in [-0.39, 0.29) is 0 Å². The fraction of sp³-hybridized carbons (Fsp3) is 0.235. The molecule has 2 aromatic carbocycles. The molecule has 3 aromatic rings. The van der Waals surface area contributed by atoms with Crippen LogP contribution in [0.1, 0.15) is 5.56 Å². The van der Waals surface area contributed by atoms with E-state index in [2.05, 4.69) is 46.7 Å². The molecule has 0 unspecified atom stereocenters. The molecular weight excluding hydrogens is 262 g/mol. The van der Waals surface area contributed by atoms with Crippen LogP contribution in [0.2, 0.25) is 0 Å². The first-order valence-electron chi connectivity index (χ1n) is 7.12. The van der Waals surface area contributed by atoms with E-state index in [9.17, 15) is 0 Å². The fourth-order valence-electron chi connectivity index (χ4n) is 2.49. The summed E-state index contributed by atoms with van der Waals surface area (Å²) < 4.78 is 8.00. The summed E-state index contributed by atoms with van der Waals surface area (Å²) in [7, 11) is 1.96. The van der Waals surface area contributed by atoms with Crippen LogP contribution in [0.3, 0.4) is 0 Å². The van der Waals surface area contributed by atoms with Crippen molar-refractivity contribution in [1.82, 2.24) is 14.9 Å². The summed E-state index contributed by atoms with van der Waals surface area (Å²) in [6.07, 6.45) is 5.53. The second-order valence-corrected chi connectivity index (χ2v) is 4.94. The molecule has 0 aliphatic heterocycles. The highest BCUT2D eigenvalue weighted by Gasteiger charge is 2.08. The van der Waals surface area contributed by atoms with Gasteiger partial charge in [0.15, 0.2) is 0 Å². The monoisotopic (exact) mass is 281 g/mol. The Labute approximate surface area is 124 Å². The Balaban J connectivity index is 1.81. The lowest BCUT2D eigenvalue weighted by Gasteiger charge is -2.14. The van der Waals surface area contributed by atoms with Crippen LogP contribution in [0.5, 0.6) is 5.75 Å². The van der Waals surface area contributed by atoms with Crippen molar-refractivity contribution in [3.05, 3.63) is 60.7 Å². The molecule has 4 nitrogen and oxygen atoms in total. The van der Waals surface area contributed by atoms with Gasteiger partial charge in [0.2, 0.25) is 0 Å². The zero-order chi connectivity index (χ0) is 14.5. The second kappa shape index (κ2) is 6.41. The first-order chi connectivity index (χ1) is 10.4. The van der Waals surface area contributed by atoms with Gasteiger partial charge in [0.1, 0.15) is 12.4 Å². The molecular formula is C17H19N3O. The summed E-state index contributed by atoms with van der Waals surface area (Å²) in [5.41, 5.74) is 1.21. The van der Waals surface area contributed by atoms with Crippen molar-refractivity contribution in [1.29, 1.82) is 0 Å². The van der Waals surface area contributed by atoms with Gasteiger partial charge in [-0.2, -0.15) is 0 Å².